The van der Waals surface area contributed by atoms with Crippen molar-refractivity contribution < 1.29 is 0 Å². The van der Waals surface area contributed by atoms with Crippen molar-refractivity contribution in [3.8, 4) is 0 Å². The van der Waals surface area contributed by atoms with Crippen molar-refractivity contribution in [1.29, 1.82) is 0 Å². The zero-order valence-electron chi connectivity index (χ0n) is 10.3. The fourth-order valence-electron chi connectivity index (χ4n) is 1.42. The van der Waals surface area contributed by atoms with E-state index in [2.05, 4.69) is 20.3 Å². The standard InChI is InChI=1S/C11H13ClN4S2/c1-6-5-18-10(13-6)7(2)14-9-4-8(12)15-11(16-9)17-3/h4-5,7H,1-3H3,(H,14,15,16). The molecule has 0 aliphatic carbocycles. The lowest BCUT2D eigenvalue weighted by molar-refractivity contribution is 0.841. The minimum Gasteiger partial charge on any atom is -0.361 e. The third-order valence-corrected chi connectivity index (χ3v) is 4.12. The Morgan fingerprint density at radius 3 is 2.78 bits per heavy atom. The van der Waals surface area contributed by atoms with Crippen molar-refractivity contribution in [1.82, 2.24) is 15.0 Å². The maximum Gasteiger partial charge on any atom is 0.190 e. The molecule has 18 heavy (non-hydrogen) atoms. The molecule has 2 heterocycles. The first kappa shape index (κ1) is 13.6. The Balaban J connectivity index is 2.16. The maximum atomic E-state index is 5.94. The van der Waals surface area contributed by atoms with Gasteiger partial charge < -0.3 is 5.32 Å². The maximum absolute atomic E-state index is 5.94. The monoisotopic (exact) mass is 300 g/mol. The van der Waals surface area contributed by atoms with Gasteiger partial charge in [0.1, 0.15) is 16.0 Å². The van der Waals surface area contributed by atoms with Gasteiger partial charge >= 0.3 is 0 Å². The Morgan fingerprint density at radius 2 is 2.17 bits per heavy atom. The molecule has 1 unspecified atom stereocenters. The van der Waals surface area contributed by atoms with Gasteiger partial charge in [0.25, 0.3) is 0 Å². The molecule has 0 radical (unpaired) electrons. The molecule has 0 spiro atoms. The van der Waals surface area contributed by atoms with Gasteiger partial charge in [-0.15, -0.1) is 11.3 Å². The van der Waals surface area contributed by atoms with Gasteiger partial charge in [-0.25, -0.2) is 15.0 Å². The number of hydrogen-bond acceptors (Lipinski definition) is 6. The van der Waals surface area contributed by atoms with Crippen LogP contribution < -0.4 is 5.32 Å². The summed E-state index contributed by atoms with van der Waals surface area (Å²) in [4.78, 5) is 12.9. The molecule has 0 aliphatic rings. The molecule has 2 aromatic heterocycles. The lowest BCUT2D eigenvalue weighted by atomic mass is 10.3. The molecule has 0 aromatic carbocycles. The van der Waals surface area contributed by atoms with Gasteiger partial charge in [0.2, 0.25) is 0 Å². The summed E-state index contributed by atoms with van der Waals surface area (Å²) in [5, 5.41) is 7.46. The van der Waals surface area contributed by atoms with Crippen LogP contribution >= 0.6 is 34.7 Å². The molecule has 1 N–H and O–H groups in total. The Hall–Kier alpha value is -0.850. The third-order valence-electron chi connectivity index (χ3n) is 2.23. The van der Waals surface area contributed by atoms with E-state index in [1.165, 1.54) is 11.8 Å². The summed E-state index contributed by atoms with van der Waals surface area (Å²) in [6.45, 7) is 4.03. The number of aromatic nitrogens is 3. The van der Waals surface area contributed by atoms with Crippen LogP contribution in [0.3, 0.4) is 0 Å². The van der Waals surface area contributed by atoms with Crippen molar-refractivity contribution >= 4 is 40.5 Å². The van der Waals surface area contributed by atoms with E-state index in [1.54, 1.807) is 17.4 Å². The second kappa shape index (κ2) is 5.86. The molecule has 96 valence electrons. The Kier molecular flexibility index (Phi) is 4.42. The predicted octanol–water partition coefficient (Wildman–Crippen LogP) is 3.79. The van der Waals surface area contributed by atoms with Gasteiger partial charge in [0.05, 0.1) is 6.04 Å². The number of rotatable bonds is 4. The van der Waals surface area contributed by atoms with E-state index in [4.69, 9.17) is 11.6 Å². The molecule has 2 rings (SSSR count). The number of thioether (sulfide) groups is 1. The average Bonchev–Trinajstić information content (AvgIpc) is 2.75. The van der Waals surface area contributed by atoms with Crippen LogP contribution in [0, 0.1) is 6.92 Å². The molecular weight excluding hydrogens is 288 g/mol. The number of thiazole rings is 1. The van der Waals surface area contributed by atoms with Crippen LogP contribution in [0.25, 0.3) is 0 Å². The number of halogens is 1. The van der Waals surface area contributed by atoms with E-state index in [-0.39, 0.29) is 6.04 Å². The van der Waals surface area contributed by atoms with Crippen LogP contribution in [0.5, 0.6) is 0 Å². The highest BCUT2D eigenvalue weighted by molar-refractivity contribution is 7.98. The first-order valence-electron chi connectivity index (χ1n) is 5.35. The van der Waals surface area contributed by atoms with Crippen LogP contribution in [0.15, 0.2) is 16.6 Å². The summed E-state index contributed by atoms with van der Waals surface area (Å²) >= 11 is 9.05. The van der Waals surface area contributed by atoms with Crippen molar-refractivity contribution in [3.05, 3.63) is 27.3 Å². The predicted molar refractivity (Wildman–Crippen MR) is 77.7 cm³/mol. The van der Waals surface area contributed by atoms with Gasteiger partial charge in [0.15, 0.2) is 5.16 Å². The molecule has 0 saturated carbocycles. The zero-order valence-corrected chi connectivity index (χ0v) is 12.7. The first-order valence-corrected chi connectivity index (χ1v) is 7.84. The Morgan fingerprint density at radius 1 is 1.39 bits per heavy atom. The molecule has 0 fully saturated rings. The quantitative estimate of drug-likeness (QED) is 0.529. The van der Waals surface area contributed by atoms with Gasteiger partial charge in [-0.3, -0.25) is 0 Å². The molecule has 1 atom stereocenters. The summed E-state index contributed by atoms with van der Waals surface area (Å²) in [7, 11) is 0. The van der Waals surface area contributed by atoms with Crippen LogP contribution in [-0.2, 0) is 0 Å². The van der Waals surface area contributed by atoms with Gasteiger partial charge in [-0.1, -0.05) is 23.4 Å². The van der Waals surface area contributed by atoms with E-state index in [0.717, 1.165) is 16.5 Å². The average molecular weight is 301 g/mol. The van der Waals surface area contributed by atoms with Gasteiger partial charge in [0, 0.05) is 17.1 Å². The molecule has 0 amide bonds. The summed E-state index contributed by atoms with van der Waals surface area (Å²) in [5.74, 6) is 0.722. The molecule has 0 aliphatic heterocycles. The van der Waals surface area contributed by atoms with Crippen molar-refractivity contribution in [2.24, 2.45) is 0 Å². The molecule has 7 heteroatoms. The second-order valence-corrected chi connectivity index (χ2v) is 5.81. The molecule has 0 bridgehead atoms. The largest absolute Gasteiger partial charge is 0.361 e. The van der Waals surface area contributed by atoms with Crippen LogP contribution in [0.2, 0.25) is 5.15 Å². The van der Waals surface area contributed by atoms with Crippen molar-refractivity contribution in [3.63, 3.8) is 0 Å². The molecule has 0 saturated heterocycles. The Bertz CT molecular complexity index is 544. The topological polar surface area (TPSA) is 50.7 Å². The SMILES string of the molecule is CSc1nc(Cl)cc(NC(C)c2nc(C)cs2)n1. The fraction of sp³-hybridized carbons (Fsp3) is 0.364. The smallest absolute Gasteiger partial charge is 0.190 e. The number of nitrogens with zero attached hydrogens (tertiary/aromatic N) is 3. The molecular formula is C11H13ClN4S2. The van der Waals surface area contributed by atoms with Crippen molar-refractivity contribution in [2.45, 2.75) is 25.0 Å². The fourth-order valence-corrected chi connectivity index (χ4v) is 2.83. The summed E-state index contributed by atoms with van der Waals surface area (Å²) in [6.07, 6.45) is 1.92. The van der Waals surface area contributed by atoms with E-state index >= 15 is 0 Å². The highest BCUT2D eigenvalue weighted by atomic mass is 35.5. The van der Waals surface area contributed by atoms with Gasteiger partial charge in [-0.05, 0) is 20.1 Å². The second-order valence-electron chi connectivity index (χ2n) is 3.76. The highest BCUT2D eigenvalue weighted by Gasteiger charge is 2.11. The minimum atomic E-state index is 0.101. The van der Waals surface area contributed by atoms with E-state index in [0.29, 0.717) is 10.3 Å². The first-order chi connectivity index (χ1) is 8.58. The lowest BCUT2D eigenvalue weighted by Gasteiger charge is -2.12. The van der Waals surface area contributed by atoms with E-state index in [1.807, 2.05) is 25.5 Å². The zero-order chi connectivity index (χ0) is 13.1. The van der Waals surface area contributed by atoms with Gasteiger partial charge in [-0.2, -0.15) is 0 Å². The van der Waals surface area contributed by atoms with Crippen LogP contribution in [0.1, 0.15) is 23.7 Å². The summed E-state index contributed by atoms with van der Waals surface area (Å²) in [6, 6.07) is 1.82. The number of hydrogen-bond donors (Lipinski definition) is 1. The van der Waals surface area contributed by atoms with Crippen molar-refractivity contribution in [2.75, 3.05) is 11.6 Å². The third kappa shape index (κ3) is 3.34. The van der Waals surface area contributed by atoms with E-state index in [9.17, 15) is 0 Å². The highest BCUT2D eigenvalue weighted by Crippen LogP contribution is 2.23. The molecule has 4 nitrogen and oxygen atoms in total. The summed E-state index contributed by atoms with van der Waals surface area (Å²) in [5.41, 5.74) is 1.04. The van der Waals surface area contributed by atoms with Crippen LogP contribution in [0.4, 0.5) is 5.82 Å². The number of aryl methyl sites for hydroxylation is 1. The Labute approximate surface area is 119 Å². The lowest BCUT2D eigenvalue weighted by Crippen LogP contribution is -2.08. The summed E-state index contributed by atoms with van der Waals surface area (Å²) < 4.78 is 0. The normalized spacial score (nSPS) is 12.4. The number of anilines is 1. The minimum absolute atomic E-state index is 0.101. The van der Waals surface area contributed by atoms with Crippen LogP contribution in [-0.4, -0.2) is 21.2 Å². The number of nitrogens with one attached hydrogen (secondary N) is 1. The molecule has 2 aromatic rings. The van der Waals surface area contributed by atoms with E-state index < -0.39 is 0 Å².